The van der Waals surface area contributed by atoms with E-state index in [2.05, 4.69) is 55.8 Å². The number of hydrogen-bond acceptors (Lipinski definition) is 4. The predicted octanol–water partition coefficient (Wildman–Crippen LogP) is 5.02. The summed E-state index contributed by atoms with van der Waals surface area (Å²) in [4.78, 5) is 8.79. The summed E-state index contributed by atoms with van der Waals surface area (Å²) in [7, 11) is 3.77. The molecule has 33 heavy (non-hydrogen) atoms. The highest BCUT2D eigenvalue weighted by Crippen LogP contribution is 2.62. The minimum Gasteiger partial charge on any atom is -0.389 e. The van der Waals surface area contributed by atoms with Crippen LogP contribution < -0.4 is 5.49 Å². The Hall–Kier alpha value is -1.95. The van der Waals surface area contributed by atoms with E-state index in [4.69, 9.17) is 0 Å². The van der Waals surface area contributed by atoms with E-state index in [1.54, 1.807) is 13.4 Å². The smallest absolute Gasteiger partial charge is 0.176 e. The number of aromatic nitrogens is 4. The van der Waals surface area contributed by atoms with Gasteiger partial charge in [0.25, 0.3) is 0 Å². The minimum absolute atomic E-state index is 0.00949. The lowest BCUT2D eigenvalue weighted by atomic mass is 9.45. The van der Waals surface area contributed by atoms with Gasteiger partial charge in [0.2, 0.25) is 0 Å². The maximum atomic E-state index is 11.9. The summed E-state index contributed by atoms with van der Waals surface area (Å²) < 4.78 is 3.99. The Morgan fingerprint density at radius 2 is 2.03 bits per heavy atom. The van der Waals surface area contributed by atoms with Gasteiger partial charge in [-0.25, -0.2) is 4.98 Å². The third kappa shape index (κ3) is 3.98. The molecule has 1 unspecified atom stereocenters. The van der Waals surface area contributed by atoms with E-state index in [1.807, 2.05) is 22.5 Å². The molecule has 0 aliphatic heterocycles. The molecule has 0 bridgehead atoms. The first-order valence-corrected chi connectivity index (χ1v) is 12.7. The van der Waals surface area contributed by atoms with Gasteiger partial charge < -0.3 is 9.67 Å². The first-order chi connectivity index (χ1) is 15.5. The van der Waals surface area contributed by atoms with Gasteiger partial charge in [-0.2, -0.15) is 5.10 Å². The van der Waals surface area contributed by atoms with Crippen molar-refractivity contribution in [2.45, 2.75) is 91.7 Å². The van der Waals surface area contributed by atoms with Crippen LogP contribution in [-0.2, 0) is 13.6 Å². The van der Waals surface area contributed by atoms with Gasteiger partial charge in [-0.15, -0.1) is 0 Å². The third-order valence-corrected chi connectivity index (χ3v) is 9.57. The molecule has 2 aromatic rings. The van der Waals surface area contributed by atoms with Crippen LogP contribution in [0.25, 0.3) is 11.0 Å². The van der Waals surface area contributed by atoms with E-state index in [-0.39, 0.29) is 10.8 Å². The Morgan fingerprint density at radius 3 is 2.76 bits per heavy atom. The summed E-state index contributed by atoms with van der Waals surface area (Å²) >= 11 is 0. The van der Waals surface area contributed by atoms with Crippen LogP contribution in [0.4, 0.5) is 0 Å². The van der Waals surface area contributed by atoms with Crippen LogP contribution in [0.5, 0.6) is 0 Å². The maximum Gasteiger partial charge on any atom is 0.176 e. The SMILES string of the molecule is CN=c1ncn(C)c2cnn(C/C=C(\C)CC[C@]3(C)C4CCCC(C)(C)[C@]4(O)CC[C@H]3C)c12. The molecule has 6 heteroatoms. The van der Waals surface area contributed by atoms with Gasteiger partial charge in [0, 0.05) is 14.1 Å². The van der Waals surface area contributed by atoms with E-state index in [0.717, 1.165) is 61.6 Å². The number of nitrogens with zero attached hydrogens (tertiary/aromatic N) is 5. The highest BCUT2D eigenvalue weighted by molar-refractivity contribution is 5.73. The summed E-state index contributed by atoms with van der Waals surface area (Å²) in [5.74, 6) is 1.03. The lowest BCUT2D eigenvalue weighted by Gasteiger charge is -2.62. The van der Waals surface area contributed by atoms with Crippen LogP contribution in [0.2, 0.25) is 0 Å². The van der Waals surface area contributed by atoms with Gasteiger partial charge >= 0.3 is 0 Å². The van der Waals surface area contributed by atoms with E-state index < -0.39 is 5.60 Å². The molecule has 6 nitrogen and oxygen atoms in total. The quantitative estimate of drug-likeness (QED) is 0.646. The van der Waals surface area contributed by atoms with Crippen molar-refractivity contribution in [3.8, 4) is 0 Å². The summed E-state index contributed by atoms with van der Waals surface area (Å²) in [6.45, 7) is 12.4. The molecule has 0 amide bonds. The molecule has 2 saturated carbocycles. The van der Waals surface area contributed by atoms with Gasteiger partial charge in [-0.3, -0.25) is 9.67 Å². The van der Waals surface area contributed by atoms with Crippen LogP contribution in [0, 0.1) is 22.7 Å². The largest absolute Gasteiger partial charge is 0.389 e. The molecule has 4 rings (SSSR count). The highest BCUT2D eigenvalue weighted by Gasteiger charge is 2.60. The Bertz CT molecular complexity index is 1110. The summed E-state index contributed by atoms with van der Waals surface area (Å²) in [6, 6.07) is 0. The molecular weight excluding hydrogens is 410 g/mol. The lowest BCUT2D eigenvalue weighted by Crippen LogP contribution is -2.62. The van der Waals surface area contributed by atoms with Crippen molar-refractivity contribution in [3.63, 3.8) is 0 Å². The van der Waals surface area contributed by atoms with Gasteiger partial charge in [0.05, 0.1) is 30.2 Å². The maximum absolute atomic E-state index is 11.9. The summed E-state index contributed by atoms with van der Waals surface area (Å²) in [5, 5.41) is 16.5. The van der Waals surface area contributed by atoms with Gasteiger partial charge in [-0.05, 0) is 68.1 Å². The van der Waals surface area contributed by atoms with Crippen molar-refractivity contribution in [1.29, 1.82) is 0 Å². The molecule has 0 spiro atoms. The molecule has 2 aliphatic rings. The molecule has 0 saturated heterocycles. The van der Waals surface area contributed by atoms with Gasteiger partial charge in [-0.1, -0.05) is 45.8 Å². The molecule has 2 heterocycles. The fourth-order valence-electron chi connectivity index (χ4n) is 6.83. The van der Waals surface area contributed by atoms with Crippen molar-refractivity contribution >= 4 is 11.0 Å². The van der Waals surface area contributed by atoms with E-state index in [1.165, 1.54) is 12.0 Å². The van der Waals surface area contributed by atoms with E-state index in [9.17, 15) is 5.11 Å². The minimum atomic E-state index is -0.527. The van der Waals surface area contributed by atoms with Crippen molar-refractivity contribution in [2.24, 2.45) is 34.7 Å². The molecule has 182 valence electrons. The van der Waals surface area contributed by atoms with Crippen LogP contribution in [0.15, 0.2) is 29.2 Å². The topological polar surface area (TPSA) is 68.2 Å². The van der Waals surface area contributed by atoms with Gasteiger partial charge in [0.1, 0.15) is 5.52 Å². The van der Waals surface area contributed by atoms with Crippen LogP contribution in [0.1, 0.15) is 79.6 Å². The molecule has 1 N–H and O–H groups in total. The van der Waals surface area contributed by atoms with E-state index in [0.29, 0.717) is 11.8 Å². The Balaban J connectivity index is 1.52. The van der Waals surface area contributed by atoms with E-state index >= 15 is 0 Å². The van der Waals surface area contributed by atoms with Crippen molar-refractivity contribution in [1.82, 2.24) is 19.3 Å². The van der Waals surface area contributed by atoms with Crippen molar-refractivity contribution in [2.75, 3.05) is 7.05 Å². The zero-order valence-electron chi connectivity index (χ0n) is 21.7. The second-order valence-corrected chi connectivity index (χ2v) is 11.7. The summed E-state index contributed by atoms with van der Waals surface area (Å²) in [6.07, 6.45) is 13.8. The normalized spacial score (nSPS) is 32.8. The second-order valence-electron chi connectivity index (χ2n) is 11.7. The Labute approximate surface area is 198 Å². The molecule has 2 aliphatic carbocycles. The van der Waals surface area contributed by atoms with Gasteiger partial charge in [0.15, 0.2) is 5.49 Å². The molecule has 4 atom stereocenters. The standard InChI is InChI=1S/C27H43N5O/c1-19(12-16-32-23-21(17-30-32)31(7)18-29-24(23)28-6)10-14-26(5)20(2)11-15-27(33)22(26)9-8-13-25(27,3)4/h12,17-18,20,22,33H,8-11,13-16H2,1-7H3/b19-12+,28-24?/t20-,22?,26+,27+/m1/s1. The average molecular weight is 454 g/mol. The lowest BCUT2D eigenvalue weighted by molar-refractivity contribution is -0.212. The first-order valence-electron chi connectivity index (χ1n) is 12.7. The number of aryl methyl sites for hydroxylation is 1. The average Bonchev–Trinajstić information content (AvgIpc) is 3.21. The second kappa shape index (κ2) is 8.68. The predicted molar refractivity (Wildman–Crippen MR) is 134 cm³/mol. The Kier molecular flexibility index (Phi) is 6.36. The zero-order chi connectivity index (χ0) is 24.0. The number of aliphatic hydroxyl groups is 1. The molecule has 2 aromatic heterocycles. The molecular formula is C27H43N5O. The monoisotopic (exact) mass is 453 g/mol. The van der Waals surface area contributed by atoms with Crippen LogP contribution in [0.3, 0.4) is 0 Å². The number of hydrogen-bond donors (Lipinski definition) is 1. The number of allylic oxidation sites excluding steroid dienone is 2. The fourth-order valence-corrected chi connectivity index (χ4v) is 6.83. The highest BCUT2D eigenvalue weighted by atomic mass is 16.3. The molecule has 0 radical (unpaired) electrons. The third-order valence-electron chi connectivity index (χ3n) is 9.57. The first kappa shape index (κ1) is 24.2. The van der Waals surface area contributed by atoms with Crippen LogP contribution >= 0.6 is 0 Å². The Morgan fingerprint density at radius 1 is 1.27 bits per heavy atom. The van der Waals surface area contributed by atoms with Crippen LogP contribution in [-0.4, -0.2) is 37.1 Å². The number of rotatable bonds is 5. The molecule has 0 aromatic carbocycles. The fraction of sp³-hybridized carbons (Fsp3) is 0.741. The van der Waals surface area contributed by atoms with Crippen molar-refractivity contribution < 1.29 is 5.11 Å². The van der Waals surface area contributed by atoms with Crippen molar-refractivity contribution in [3.05, 3.63) is 29.7 Å². The molecule has 2 fully saturated rings. The summed E-state index contributed by atoms with van der Waals surface area (Å²) in [5.41, 5.74) is 3.79. The number of fused-ring (bicyclic) bond motifs is 2. The zero-order valence-corrected chi connectivity index (χ0v) is 21.7.